The number of carbonyl (C=O) groups excluding carboxylic acids is 1. The van der Waals surface area contributed by atoms with Crippen molar-refractivity contribution in [3.05, 3.63) is 35.9 Å². The van der Waals surface area contributed by atoms with Crippen LogP contribution < -0.4 is 0 Å². The van der Waals surface area contributed by atoms with Crippen LogP contribution in [-0.4, -0.2) is 61.1 Å². The summed E-state index contributed by atoms with van der Waals surface area (Å²) in [4.78, 5) is 17.7. The van der Waals surface area contributed by atoms with Gasteiger partial charge in [-0.15, -0.1) is 0 Å². The fraction of sp³-hybridized carbons (Fsp3) is 0.682. The topological polar surface area (TPSA) is 32.8 Å². The smallest absolute Gasteiger partial charge is 0.223 e. The summed E-state index contributed by atoms with van der Waals surface area (Å²) in [6.45, 7) is 4.17. The minimum Gasteiger partial charge on any atom is -0.381 e. The fourth-order valence-corrected chi connectivity index (χ4v) is 4.36. The van der Waals surface area contributed by atoms with E-state index in [0.29, 0.717) is 24.5 Å². The van der Waals surface area contributed by atoms with Gasteiger partial charge < -0.3 is 14.5 Å². The highest BCUT2D eigenvalue weighted by Gasteiger charge is 2.28. The highest BCUT2D eigenvalue weighted by atomic mass is 16.5. The molecule has 0 aromatic heterocycles. The van der Waals surface area contributed by atoms with E-state index in [1.807, 2.05) is 13.2 Å². The Kier molecular flexibility index (Phi) is 7.51. The Balaban J connectivity index is 1.54. The molecule has 0 radical (unpaired) electrons. The van der Waals surface area contributed by atoms with Crippen LogP contribution >= 0.6 is 0 Å². The summed E-state index contributed by atoms with van der Waals surface area (Å²) in [6, 6.07) is 10.8. The van der Waals surface area contributed by atoms with E-state index in [4.69, 9.17) is 4.74 Å². The summed E-state index contributed by atoms with van der Waals surface area (Å²) >= 11 is 0. The molecule has 2 heterocycles. The molecule has 2 aliphatic heterocycles. The van der Waals surface area contributed by atoms with Crippen LogP contribution in [0.15, 0.2) is 30.3 Å². The quantitative estimate of drug-likeness (QED) is 0.780. The number of hydrogen-bond acceptors (Lipinski definition) is 3. The van der Waals surface area contributed by atoms with Crippen LogP contribution in [0.3, 0.4) is 0 Å². The molecule has 0 N–H and O–H groups in total. The van der Waals surface area contributed by atoms with Crippen molar-refractivity contribution in [3.8, 4) is 0 Å². The highest BCUT2D eigenvalue weighted by Crippen LogP contribution is 2.21. The molecule has 1 aromatic carbocycles. The number of amides is 1. The van der Waals surface area contributed by atoms with Crippen LogP contribution in [0.1, 0.15) is 50.5 Å². The average Bonchev–Trinajstić information content (AvgIpc) is 2.93. The van der Waals surface area contributed by atoms with Crippen molar-refractivity contribution in [1.82, 2.24) is 9.80 Å². The number of aryl methyl sites for hydroxylation is 1. The monoisotopic (exact) mass is 358 g/mol. The van der Waals surface area contributed by atoms with Crippen LogP contribution in [0, 0.1) is 0 Å². The summed E-state index contributed by atoms with van der Waals surface area (Å²) < 4.78 is 5.49. The minimum atomic E-state index is 0.340. The van der Waals surface area contributed by atoms with Gasteiger partial charge in [0.2, 0.25) is 5.91 Å². The van der Waals surface area contributed by atoms with Crippen LogP contribution in [0.5, 0.6) is 0 Å². The van der Waals surface area contributed by atoms with Gasteiger partial charge in [0.1, 0.15) is 0 Å². The zero-order valence-corrected chi connectivity index (χ0v) is 16.2. The van der Waals surface area contributed by atoms with Crippen molar-refractivity contribution < 1.29 is 9.53 Å². The van der Waals surface area contributed by atoms with Gasteiger partial charge in [0.25, 0.3) is 0 Å². The van der Waals surface area contributed by atoms with Crippen LogP contribution in [0.25, 0.3) is 0 Å². The predicted molar refractivity (Wildman–Crippen MR) is 105 cm³/mol. The maximum atomic E-state index is 13.0. The molecule has 2 aliphatic rings. The molecule has 26 heavy (non-hydrogen) atoms. The lowest BCUT2D eigenvalue weighted by atomic mass is 10.0. The van der Waals surface area contributed by atoms with Crippen molar-refractivity contribution in [2.24, 2.45) is 0 Å². The molecule has 2 fully saturated rings. The maximum absolute atomic E-state index is 13.0. The van der Waals surface area contributed by atoms with Gasteiger partial charge in [-0.25, -0.2) is 0 Å². The van der Waals surface area contributed by atoms with Crippen LogP contribution in [-0.2, 0) is 16.0 Å². The van der Waals surface area contributed by atoms with Gasteiger partial charge in [0.15, 0.2) is 0 Å². The number of carbonyl (C=O) groups is 1. The summed E-state index contributed by atoms with van der Waals surface area (Å²) in [6.07, 6.45) is 8.95. The van der Waals surface area contributed by atoms with Crippen molar-refractivity contribution in [2.75, 3.05) is 33.3 Å². The molecule has 0 saturated carbocycles. The molecule has 1 atom stereocenters. The molecule has 1 amide bonds. The molecule has 0 bridgehead atoms. The first-order chi connectivity index (χ1) is 12.8. The largest absolute Gasteiger partial charge is 0.381 e. The lowest BCUT2D eigenvalue weighted by Gasteiger charge is -2.37. The second-order valence-electron chi connectivity index (χ2n) is 7.81. The fourth-order valence-electron chi connectivity index (χ4n) is 4.36. The molecule has 3 rings (SSSR count). The van der Waals surface area contributed by atoms with Gasteiger partial charge in [0.05, 0.1) is 6.10 Å². The molecule has 0 spiro atoms. The predicted octanol–water partition coefficient (Wildman–Crippen LogP) is 3.50. The molecule has 144 valence electrons. The second kappa shape index (κ2) is 10.1. The SMILES string of the molecule is COC1CCN(CC2CCCCCN2C(=O)CCc2ccccc2)CC1. The first-order valence-corrected chi connectivity index (χ1v) is 10.3. The summed E-state index contributed by atoms with van der Waals surface area (Å²) in [5, 5.41) is 0. The van der Waals surface area contributed by atoms with Crippen LogP contribution in [0.4, 0.5) is 0 Å². The third-order valence-electron chi connectivity index (χ3n) is 6.00. The van der Waals surface area contributed by atoms with E-state index in [2.05, 4.69) is 34.1 Å². The van der Waals surface area contributed by atoms with Gasteiger partial charge in [-0.05, 0) is 37.7 Å². The molecule has 1 aromatic rings. The third kappa shape index (κ3) is 5.55. The minimum absolute atomic E-state index is 0.340. The molecule has 4 nitrogen and oxygen atoms in total. The Morgan fingerprint density at radius 1 is 1.04 bits per heavy atom. The van der Waals surface area contributed by atoms with Gasteiger partial charge in [-0.2, -0.15) is 0 Å². The van der Waals surface area contributed by atoms with E-state index >= 15 is 0 Å². The Labute approximate surface area is 158 Å². The van der Waals surface area contributed by atoms with Gasteiger partial charge in [-0.1, -0.05) is 43.2 Å². The first kappa shape index (κ1) is 19.4. The third-order valence-corrected chi connectivity index (χ3v) is 6.00. The number of rotatable bonds is 6. The summed E-state index contributed by atoms with van der Waals surface area (Å²) in [5.74, 6) is 0.340. The second-order valence-corrected chi connectivity index (χ2v) is 7.81. The summed E-state index contributed by atoms with van der Waals surface area (Å²) in [5.41, 5.74) is 1.26. The Morgan fingerprint density at radius 2 is 1.81 bits per heavy atom. The summed E-state index contributed by atoms with van der Waals surface area (Å²) in [7, 11) is 1.82. The van der Waals surface area contributed by atoms with E-state index in [0.717, 1.165) is 58.3 Å². The van der Waals surface area contributed by atoms with Crippen molar-refractivity contribution >= 4 is 5.91 Å². The van der Waals surface area contributed by atoms with Gasteiger partial charge >= 0.3 is 0 Å². The molecule has 0 aliphatic carbocycles. The van der Waals surface area contributed by atoms with Crippen LogP contribution in [0.2, 0.25) is 0 Å². The average molecular weight is 359 g/mol. The maximum Gasteiger partial charge on any atom is 0.223 e. The Bertz CT molecular complexity index is 540. The van der Waals surface area contributed by atoms with E-state index in [9.17, 15) is 4.79 Å². The van der Waals surface area contributed by atoms with E-state index < -0.39 is 0 Å². The van der Waals surface area contributed by atoms with Crippen molar-refractivity contribution in [2.45, 2.75) is 63.5 Å². The lowest BCUT2D eigenvalue weighted by molar-refractivity contribution is -0.134. The zero-order valence-electron chi connectivity index (χ0n) is 16.2. The first-order valence-electron chi connectivity index (χ1n) is 10.3. The standard InChI is InChI=1S/C22H34N2O2/c1-26-21-13-16-23(17-14-21)18-20-10-6-3-7-15-24(20)22(25)12-11-19-8-4-2-5-9-19/h2,4-5,8-9,20-21H,3,6-7,10-18H2,1H3. The number of methoxy groups -OCH3 is 1. The molecular weight excluding hydrogens is 324 g/mol. The van der Waals surface area contributed by atoms with Gasteiger partial charge in [-0.3, -0.25) is 4.79 Å². The highest BCUT2D eigenvalue weighted by molar-refractivity contribution is 5.76. The molecular formula is C22H34N2O2. The number of nitrogens with zero attached hydrogens (tertiary/aromatic N) is 2. The number of piperidine rings is 1. The molecule has 4 heteroatoms. The van der Waals surface area contributed by atoms with E-state index in [1.54, 1.807) is 0 Å². The number of hydrogen-bond donors (Lipinski definition) is 0. The molecule has 2 saturated heterocycles. The van der Waals surface area contributed by atoms with E-state index in [1.165, 1.54) is 18.4 Å². The van der Waals surface area contributed by atoms with E-state index in [-0.39, 0.29) is 0 Å². The zero-order chi connectivity index (χ0) is 18.2. The van der Waals surface area contributed by atoms with Crippen molar-refractivity contribution in [3.63, 3.8) is 0 Å². The number of ether oxygens (including phenoxy) is 1. The van der Waals surface area contributed by atoms with Crippen molar-refractivity contribution in [1.29, 1.82) is 0 Å². The number of benzene rings is 1. The van der Waals surface area contributed by atoms with Gasteiger partial charge in [0, 0.05) is 45.8 Å². The Hall–Kier alpha value is -1.39. The Morgan fingerprint density at radius 3 is 2.54 bits per heavy atom. The normalized spacial score (nSPS) is 23.0. The molecule has 1 unspecified atom stereocenters. The lowest BCUT2D eigenvalue weighted by Crippen LogP contribution is -2.49. The number of likely N-dealkylation sites (tertiary alicyclic amines) is 2.